The molecule has 0 saturated carbocycles. The van der Waals surface area contributed by atoms with Crippen LogP contribution in [0.15, 0.2) is 0 Å². The number of ether oxygens (including phenoxy) is 1. The maximum atomic E-state index is 11.0. The normalized spacial score (nSPS) is 13.0. The van der Waals surface area contributed by atoms with Gasteiger partial charge in [0.1, 0.15) is 0 Å². The summed E-state index contributed by atoms with van der Waals surface area (Å²) in [6.45, 7) is 7.68. The SMILES string of the molecule is CCCC(C)N(CC)CC(=O)OC. The summed E-state index contributed by atoms with van der Waals surface area (Å²) >= 11 is 0. The molecule has 0 rings (SSSR count). The molecule has 0 heterocycles. The third-order valence-electron chi connectivity index (χ3n) is 2.30. The van der Waals surface area contributed by atoms with Gasteiger partial charge in [0.15, 0.2) is 0 Å². The highest BCUT2D eigenvalue weighted by Crippen LogP contribution is 2.05. The Morgan fingerprint density at radius 2 is 2.08 bits per heavy atom. The molecule has 0 aromatic heterocycles. The molecule has 0 bridgehead atoms. The van der Waals surface area contributed by atoms with E-state index >= 15 is 0 Å². The molecule has 0 aliphatic carbocycles. The van der Waals surface area contributed by atoms with Crippen LogP contribution in [0.1, 0.15) is 33.6 Å². The predicted molar refractivity (Wildman–Crippen MR) is 53.6 cm³/mol. The lowest BCUT2D eigenvalue weighted by atomic mass is 10.1. The summed E-state index contributed by atoms with van der Waals surface area (Å²) in [4.78, 5) is 13.2. The molecule has 0 aromatic rings. The van der Waals surface area contributed by atoms with Crippen molar-refractivity contribution in [2.24, 2.45) is 0 Å². The minimum atomic E-state index is -0.148. The molecule has 0 radical (unpaired) electrons. The Bertz CT molecular complexity index is 148. The standard InChI is InChI=1S/C10H21NO2/c1-5-7-9(3)11(6-2)8-10(12)13-4/h9H,5-8H2,1-4H3. The van der Waals surface area contributed by atoms with Gasteiger partial charge < -0.3 is 4.74 Å². The zero-order chi connectivity index (χ0) is 10.3. The summed E-state index contributed by atoms with van der Waals surface area (Å²) in [5.41, 5.74) is 0. The molecule has 3 nitrogen and oxygen atoms in total. The molecule has 13 heavy (non-hydrogen) atoms. The number of likely N-dealkylation sites (N-methyl/N-ethyl adjacent to an activating group) is 1. The second-order valence-electron chi connectivity index (χ2n) is 3.28. The van der Waals surface area contributed by atoms with E-state index in [1.807, 2.05) is 0 Å². The summed E-state index contributed by atoms with van der Waals surface area (Å²) in [5.74, 6) is -0.148. The van der Waals surface area contributed by atoms with Crippen molar-refractivity contribution in [1.82, 2.24) is 4.90 Å². The van der Waals surface area contributed by atoms with Crippen molar-refractivity contribution in [1.29, 1.82) is 0 Å². The van der Waals surface area contributed by atoms with E-state index in [1.165, 1.54) is 7.11 Å². The van der Waals surface area contributed by atoms with Crippen LogP contribution in [0.5, 0.6) is 0 Å². The third-order valence-corrected chi connectivity index (χ3v) is 2.30. The van der Waals surface area contributed by atoms with Crippen molar-refractivity contribution < 1.29 is 9.53 Å². The van der Waals surface area contributed by atoms with Gasteiger partial charge in [-0.15, -0.1) is 0 Å². The first-order valence-electron chi connectivity index (χ1n) is 4.96. The van der Waals surface area contributed by atoms with Gasteiger partial charge in [0.25, 0.3) is 0 Å². The van der Waals surface area contributed by atoms with Gasteiger partial charge in [0.2, 0.25) is 0 Å². The zero-order valence-corrected chi connectivity index (χ0v) is 9.17. The smallest absolute Gasteiger partial charge is 0.319 e. The van der Waals surface area contributed by atoms with Gasteiger partial charge in [-0.1, -0.05) is 20.3 Å². The molecular formula is C10H21NO2. The van der Waals surface area contributed by atoms with Gasteiger partial charge >= 0.3 is 5.97 Å². The Hall–Kier alpha value is -0.570. The van der Waals surface area contributed by atoms with Crippen molar-refractivity contribution in [3.8, 4) is 0 Å². The van der Waals surface area contributed by atoms with Crippen LogP contribution in [-0.4, -0.2) is 37.1 Å². The second kappa shape index (κ2) is 6.89. The average Bonchev–Trinajstić information content (AvgIpc) is 2.14. The van der Waals surface area contributed by atoms with Gasteiger partial charge in [-0.05, 0) is 19.9 Å². The molecule has 0 aliphatic heterocycles. The van der Waals surface area contributed by atoms with E-state index in [9.17, 15) is 4.79 Å². The van der Waals surface area contributed by atoms with Crippen molar-refractivity contribution in [2.45, 2.75) is 39.7 Å². The quantitative estimate of drug-likeness (QED) is 0.592. The number of rotatable bonds is 6. The summed E-state index contributed by atoms with van der Waals surface area (Å²) in [5, 5.41) is 0. The van der Waals surface area contributed by atoms with Gasteiger partial charge in [-0.25, -0.2) is 0 Å². The lowest BCUT2D eigenvalue weighted by molar-refractivity contribution is -0.142. The predicted octanol–water partition coefficient (Wildman–Crippen LogP) is 1.67. The largest absolute Gasteiger partial charge is 0.468 e. The molecule has 3 heteroatoms. The Labute approximate surface area is 81.1 Å². The van der Waals surface area contributed by atoms with Crippen molar-refractivity contribution >= 4 is 5.97 Å². The first kappa shape index (κ1) is 12.4. The maximum absolute atomic E-state index is 11.0. The van der Waals surface area contributed by atoms with E-state index in [1.54, 1.807) is 0 Å². The number of carbonyl (C=O) groups is 1. The fraction of sp³-hybridized carbons (Fsp3) is 0.900. The molecule has 78 valence electrons. The molecule has 0 N–H and O–H groups in total. The van der Waals surface area contributed by atoms with Crippen molar-refractivity contribution in [2.75, 3.05) is 20.2 Å². The molecular weight excluding hydrogens is 166 g/mol. The van der Waals surface area contributed by atoms with Gasteiger partial charge in [-0.2, -0.15) is 0 Å². The van der Waals surface area contributed by atoms with E-state index in [4.69, 9.17) is 0 Å². The molecule has 0 aromatic carbocycles. The van der Waals surface area contributed by atoms with Crippen molar-refractivity contribution in [3.63, 3.8) is 0 Å². The van der Waals surface area contributed by atoms with E-state index in [0.717, 1.165) is 19.4 Å². The van der Waals surface area contributed by atoms with E-state index < -0.39 is 0 Å². The molecule has 0 amide bonds. The number of carbonyl (C=O) groups excluding carboxylic acids is 1. The van der Waals surface area contributed by atoms with Gasteiger partial charge in [-0.3, -0.25) is 9.69 Å². The first-order valence-corrected chi connectivity index (χ1v) is 4.96. The fourth-order valence-electron chi connectivity index (χ4n) is 1.41. The minimum Gasteiger partial charge on any atom is -0.468 e. The Morgan fingerprint density at radius 3 is 2.46 bits per heavy atom. The maximum Gasteiger partial charge on any atom is 0.319 e. The highest BCUT2D eigenvalue weighted by molar-refractivity contribution is 5.71. The Morgan fingerprint density at radius 1 is 1.46 bits per heavy atom. The van der Waals surface area contributed by atoms with Crippen LogP contribution in [-0.2, 0) is 9.53 Å². The number of hydrogen-bond acceptors (Lipinski definition) is 3. The summed E-state index contributed by atoms with van der Waals surface area (Å²) in [6.07, 6.45) is 2.28. The lowest BCUT2D eigenvalue weighted by Crippen LogP contribution is -2.37. The molecule has 0 spiro atoms. The van der Waals surface area contributed by atoms with Crippen LogP contribution in [0.4, 0.5) is 0 Å². The second-order valence-corrected chi connectivity index (χ2v) is 3.28. The lowest BCUT2D eigenvalue weighted by Gasteiger charge is -2.26. The number of hydrogen-bond donors (Lipinski definition) is 0. The summed E-state index contributed by atoms with van der Waals surface area (Å²) in [6, 6.07) is 0.467. The fourth-order valence-corrected chi connectivity index (χ4v) is 1.41. The monoisotopic (exact) mass is 187 g/mol. The van der Waals surface area contributed by atoms with E-state index in [2.05, 4.69) is 30.4 Å². The highest BCUT2D eigenvalue weighted by atomic mass is 16.5. The number of methoxy groups -OCH3 is 1. The van der Waals surface area contributed by atoms with Crippen LogP contribution in [0, 0.1) is 0 Å². The molecule has 1 unspecified atom stereocenters. The zero-order valence-electron chi connectivity index (χ0n) is 9.17. The Kier molecular flexibility index (Phi) is 6.59. The molecule has 0 saturated heterocycles. The third kappa shape index (κ3) is 4.88. The van der Waals surface area contributed by atoms with Crippen LogP contribution in [0.2, 0.25) is 0 Å². The average molecular weight is 187 g/mol. The van der Waals surface area contributed by atoms with E-state index in [0.29, 0.717) is 12.6 Å². The van der Waals surface area contributed by atoms with Crippen LogP contribution >= 0.6 is 0 Å². The Balaban J connectivity index is 3.93. The van der Waals surface area contributed by atoms with Gasteiger partial charge in [0, 0.05) is 6.04 Å². The first-order chi connectivity index (χ1) is 6.15. The van der Waals surface area contributed by atoms with Crippen LogP contribution in [0.3, 0.4) is 0 Å². The highest BCUT2D eigenvalue weighted by Gasteiger charge is 2.14. The molecule has 1 atom stereocenters. The topological polar surface area (TPSA) is 29.5 Å². The van der Waals surface area contributed by atoms with Gasteiger partial charge in [0.05, 0.1) is 13.7 Å². The molecule has 0 aliphatic rings. The van der Waals surface area contributed by atoms with Crippen molar-refractivity contribution in [3.05, 3.63) is 0 Å². The van der Waals surface area contributed by atoms with Crippen LogP contribution in [0.25, 0.3) is 0 Å². The van der Waals surface area contributed by atoms with E-state index in [-0.39, 0.29) is 5.97 Å². The molecule has 0 fully saturated rings. The summed E-state index contributed by atoms with van der Waals surface area (Å²) < 4.78 is 4.63. The van der Waals surface area contributed by atoms with Crippen LogP contribution < -0.4 is 0 Å². The number of esters is 1. The number of nitrogens with zero attached hydrogens (tertiary/aromatic N) is 1. The minimum absolute atomic E-state index is 0.148. The summed E-state index contributed by atoms with van der Waals surface area (Å²) in [7, 11) is 1.43.